The van der Waals surface area contributed by atoms with Crippen LogP contribution in [0.5, 0.6) is 0 Å². The molecular weight excluding hydrogens is 269 g/mol. The molecule has 0 saturated heterocycles. The fourth-order valence-corrected chi connectivity index (χ4v) is 1.92. The summed E-state index contributed by atoms with van der Waals surface area (Å²) in [7, 11) is 0. The second-order valence-electron chi connectivity index (χ2n) is 4.69. The Morgan fingerprint density at radius 1 is 1.10 bits per heavy atom. The highest BCUT2D eigenvalue weighted by molar-refractivity contribution is 5.89. The molecule has 0 bridgehead atoms. The molecule has 1 unspecified atom stereocenters. The largest absolute Gasteiger partial charge is 0.338 e. The summed E-state index contributed by atoms with van der Waals surface area (Å²) in [5.74, 6) is -0.338. The van der Waals surface area contributed by atoms with Gasteiger partial charge in [-0.1, -0.05) is 30.3 Å². The van der Waals surface area contributed by atoms with Crippen molar-refractivity contribution in [1.29, 1.82) is 0 Å². The van der Waals surface area contributed by atoms with Crippen molar-refractivity contribution in [1.82, 2.24) is 5.32 Å². The Morgan fingerprint density at radius 2 is 1.76 bits per heavy atom. The average molecular weight is 287 g/mol. The van der Waals surface area contributed by atoms with Gasteiger partial charge in [-0.2, -0.15) is 0 Å². The van der Waals surface area contributed by atoms with E-state index in [1.54, 1.807) is 0 Å². The fourth-order valence-electron chi connectivity index (χ4n) is 1.92. The number of nitrogens with two attached hydrogens (primary N) is 1. The minimum atomic E-state index is -0.338. The van der Waals surface area contributed by atoms with Gasteiger partial charge in [-0.15, -0.1) is 0 Å². The number of halogens is 1. The maximum absolute atomic E-state index is 12.7. The lowest BCUT2D eigenvalue weighted by molar-refractivity contribution is 0.251. The highest BCUT2D eigenvalue weighted by Gasteiger charge is 2.06. The van der Waals surface area contributed by atoms with Crippen molar-refractivity contribution >= 4 is 11.7 Å². The van der Waals surface area contributed by atoms with Gasteiger partial charge in [0, 0.05) is 18.3 Å². The van der Waals surface area contributed by atoms with Gasteiger partial charge in [-0.05, 0) is 36.2 Å². The predicted molar refractivity (Wildman–Crippen MR) is 81.4 cm³/mol. The number of rotatable bonds is 5. The lowest BCUT2D eigenvalue weighted by atomic mass is 10.1. The maximum atomic E-state index is 12.7. The summed E-state index contributed by atoms with van der Waals surface area (Å²) in [5.41, 5.74) is 7.62. The van der Waals surface area contributed by atoms with Crippen molar-refractivity contribution in [3.63, 3.8) is 0 Å². The highest BCUT2D eigenvalue weighted by atomic mass is 19.1. The molecule has 0 fully saturated rings. The van der Waals surface area contributed by atoms with E-state index >= 15 is 0 Å². The maximum Gasteiger partial charge on any atom is 0.319 e. The van der Waals surface area contributed by atoms with Crippen LogP contribution in [0.4, 0.5) is 14.9 Å². The Kier molecular flexibility index (Phi) is 5.29. The van der Waals surface area contributed by atoms with Gasteiger partial charge in [-0.3, -0.25) is 0 Å². The molecule has 0 saturated carbocycles. The minimum Gasteiger partial charge on any atom is -0.338 e. The molecule has 1 atom stereocenters. The van der Waals surface area contributed by atoms with E-state index in [4.69, 9.17) is 5.73 Å². The third-order valence-corrected chi connectivity index (χ3v) is 3.07. The Bertz CT molecular complexity index is 572. The van der Waals surface area contributed by atoms with Gasteiger partial charge >= 0.3 is 6.03 Å². The number of hydrogen-bond donors (Lipinski definition) is 3. The van der Waals surface area contributed by atoms with Crippen molar-refractivity contribution in [2.45, 2.75) is 12.5 Å². The standard InChI is InChI=1S/C16H18FN3O/c17-13-6-8-14(9-7-13)20-16(21)19-11-10-15(18)12-4-2-1-3-5-12/h1-9,15H,10-11,18H2,(H2,19,20,21). The van der Waals surface area contributed by atoms with Gasteiger partial charge in [-0.25, -0.2) is 9.18 Å². The molecule has 0 aliphatic heterocycles. The first-order chi connectivity index (χ1) is 10.1. The van der Waals surface area contributed by atoms with E-state index in [0.717, 1.165) is 5.56 Å². The van der Waals surface area contributed by atoms with Gasteiger partial charge in [0.25, 0.3) is 0 Å². The van der Waals surface area contributed by atoms with E-state index in [1.807, 2.05) is 30.3 Å². The Hall–Kier alpha value is -2.40. The molecule has 0 radical (unpaired) electrons. The first-order valence-corrected chi connectivity index (χ1v) is 6.76. The van der Waals surface area contributed by atoms with Crippen molar-refractivity contribution in [3.8, 4) is 0 Å². The normalized spacial score (nSPS) is 11.7. The van der Waals surface area contributed by atoms with Crippen molar-refractivity contribution < 1.29 is 9.18 Å². The van der Waals surface area contributed by atoms with Crippen molar-refractivity contribution in [2.75, 3.05) is 11.9 Å². The van der Waals surface area contributed by atoms with Crippen molar-refractivity contribution in [3.05, 3.63) is 66.0 Å². The molecule has 2 aromatic rings. The summed E-state index contributed by atoms with van der Waals surface area (Å²) < 4.78 is 12.7. The van der Waals surface area contributed by atoms with E-state index < -0.39 is 0 Å². The molecule has 4 N–H and O–H groups in total. The fraction of sp³-hybridized carbons (Fsp3) is 0.188. The number of carbonyl (C=O) groups excluding carboxylic acids is 1. The SMILES string of the molecule is NC(CCNC(=O)Nc1ccc(F)cc1)c1ccccc1. The Labute approximate surface area is 123 Å². The third kappa shape index (κ3) is 4.89. The van der Waals surface area contributed by atoms with Crippen LogP contribution in [0.25, 0.3) is 0 Å². The van der Waals surface area contributed by atoms with Gasteiger partial charge in [0.2, 0.25) is 0 Å². The van der Waals surface area contributed by atoms with Crippen LogP contribution in [0.3, 0.4) is 0 Å². The summed E-state index contributed by atoms with van der Waals surface area (Å²) in [4.78, 5) is 11.7. The molecule has 0 spiro atoms. The monoisotopic (exact) mass is 287 g/mol. The number of anilines is 1. The molecule has 5 heteroatoms. The zero-order valence-electron chi connectivity index (χ0n) is 11.6. The molecule has 0 aromatic heterocycles. The lowest BCUT2D eigenvalue weighted by Crippen LogP contribution is -2.31. The molecule has 21 heavy (non-hydrogen) atoms. The van der Waals surface area contributed by atoms with Crippen LogP contribution in [0.15, 0.2) is 54.6 Å². The number of amides is 2. The Balaban J connectivity index is 1.73. The summed E-state index contributed by atoms with van der Waals surface area (Å²) in [5, 5.41) is 5.35. The summed E-state index contributed by atoms with van der Waals surface area (Å²) in [6.07, 6.45) is 0.640. The zero-order chi connectivity index (χ0) is 15.1. The van der Waals surface area contributed by atoms with E-state index in [9.17, 15) is 9.18 Å². The highest BCUT2D eigenvalue weighted by Crippen LogP contribution is 2.12. The van der Waals surface area contributed by atoms with Crippen molar-refractivity contribution in [2.24, 2.45) is 5.73 Å². The summed E-state index contributed by atoms with van der Waals surface area (Å²) >= 11 is 0. The second kappa shape index (κ2) is 7.40. The van der Waals surface area contributed by atoms with Crippen LogP contribution in [0.1, 0.15) is 18.0 Å². The predicted octanol–water partition coefficient (Wildman–Crippen LogP) is 3.04. The van der Waals surface area contributed by atoms with E-state index in [1.165, 1.54) is 24.3 Å². The van der Waals surface area contributed by atoms with Crippen LogP contribution < -0.4 is 16.4 Å². The quantitative estimate of drug-likeness (QED) is 0.791. The number of carbonyl (C=O) groups is 1. The molecule has 0 aliphatic carbocycles. The van der Waals surface area contributed by atoms with Gasteiger partial charge < -0.3 is 16.4 Å². The van der Waals surface area contributed by atoms with Crippen LogP contribution in [-0.2, 0) is 0 Å². The van der Waals surface area contributed by atoms with Gasteiger partial charge in [0.15, 0.2) is 0 Å². The number of nitrogens with one attached hydrogen (secondary N) is 2. The molecule has 2 rings (SSSR count). The molecule has 2 aromatic carbocycles. The first-order valence-electron chi connectivity index (χ1n) is 6.76. The van der Waals surface area contributed by atoms with E-state index in [2.05, 4.69) is 10.6 Å². The van der Waals surface area contributed by atoms with E-state index in [-0.39, 0.29) is 17.9 Å². The number of hydrogen-bond acceptors (Lipinski definition) is 2. The average Bonchev–Trinajstić information content (AvgIpc) is 2.50. The number of urea groups is 1. The topological polar surface area (TPSA) is 67.1 Å². The van der Waals surface area contributed by atoms with Crippen LogP contribution in [0, 0.1) is 5.82 Å². The summed E-state index contributed by atoms with van der Waals surface area (Å²) in [6.45, 7) is 0.461. The number of benzene rings is 2. The minimum absolute atomic E-state index is 0.114. The third-order valence-electron chi connectivity index (χ3n) is 3.07. The molecule has 2 amide bonds. The molecule has 4 nitrogen and oxygen atoms in total. The van der Waals surface area contributed by atoms with Gasteiger partial charge in [0.05, 0.1) is 0 Å². The molecule has 0 heterocycles. The first kappa shape index (κ1) is 15.0. The molecular formula is C16H18FN3O. The van der Waals surface area contributed by atoms with Crippen LogP contribution >= 0.6 is 0 Å². The lowest BCUT2D eigenvalue weighted by Gasteiger charge is -2.13. The molecule has 110 valence electrons. The van der Waals surface area contributed by atoms with E-state index in [0.29, 0.717) is 18.7 Å². The van der Waals surface area contributed by atoms with Gasteiger partial charge in [0.1, 0.15) is 5.82 Å². The summed E-state index contributed by atoms with van der Waals surface area (Å²) in [6, 6.07) is 14.9. The zero-order valence-corrected chi connectivity index (χ0v) is 11.6. The second-order valence-corrected chi connectivity index (χ2v) is 4.69. The van der Waals surface area contributed by atoms with Crippen LogP contribution in [-0.4, -0.2) is 12.6 Å². The smallest absolute Gasteiger partial charge is 0.319 e. The van der Waals surface area contributed by atoms with Crippen LogP contribution in [0.2, 0.25) is 0 Å². The molecule has 0 aliphatic rings. The Morgan fingerprint density at radius 3 is 2.43 bits per heavy atom.